The second kappa shape index (κ2) is 7.77. The predicted molar refractivity (Wildman–Crippen MR) is 96.3 cm³/mol. The average molecular weight is 414 g/mol. The molecule has 1 unspecified atom stereocenters. The zero-order valence-corrected chi connectivity index (χ0v) is 15.8. The first-order chi connectivity index (χ1) is 13.5. The van der Waals surface area contributed by atoms with Crippen molar-refractivity contribution in [3.8, 4) is 0 Å². The molecule has 1 aromatic heterocycles. The van der Waals surface area contributed by atoms with Gasteiger partial charge in [-0.15, -0.1) is 0 Å². The molecular weight excluding hydrogens is 393 g/mol. The van der Waals surface area contributed by atoms with Gasteiger partial charge in [-0.1, -0.05) is 30.3 Å². The zero-order valence-electron chi connectivity index (χ0n) is 15.8. The highest BCUT2D eigenvalue weighted by atomic mass is 19.4. The molecule has 0 spiro atoms. The molecule has 0 radical (unpaired) electrons. The Kier molecular flexibility index (Phi) is 5.70. The number of aliphatic hydroxyl groups is 1. The lowest BCUT2D eigenvalue weighted by Crippen LogP contribution is -2.36. The van der Waals surface area contributed by atoms with E-state index in [1.165, 1.54) is 0 Å². The molecule has 2 N–H and O–H groups in total. The van der Waals surface area contributed by atoms with Gasteiger partial charge in [0, 0.05) is 12.6 Å². The van der Waals surface area contributed by atoms with Crippen molar-refractivity contribution in [3.05, 3.63) is 68.5 Å². The summed E-state index contributed by atoms with van der Waals surface area (Å²) in [5, 5.41) is 9.64. The van der Waals surface area contributed by atoms with Gasteiger partial charge in [0.05, 0.1) is 18.3 Å². The lowest BCUT2D eigenvalue weighted by Gasteiger charge is -2.31. The average Bonchev–Trinajstić information content (AvgIpc) is 3.03. The molecule has 1 fully saturated rings. The summed E-state index contributed by atoms with van der Waals surface area (Å²) in [6.45, 7) is 3.19. The SMILES string of the molecule is CC(C)(OC1C[C@@H](n2cc(C(F)(F)F)c(=O)[nH]c2=O)O[C@H]1CO)c1ccccc1. The molecule has 3 atom stereocenters. The summed E-state index contributed by atoms with van der Waals surface area (Å²) in [7, 11) is 0. The van der Waals surface area contributed by atoms with E-state index in [4.69, 9.17) is 9.47 Å². The standard InChI is InChI=1S/C19H21F3N2O5/c1-18(2,11-6-4-3-5-7-11)29-13-8-15(28-14(13)10-25)24-9-12(19(20,21)22)16(26)23-17(24)27/h3-7,9,13-15,25H,8,10H2,1-2H3,(H,23,26,27)/t13?,14-,15-/m0/s1. The minimum atomic E-state index is -4.93. The normalized spacial score (nSPS) is 22.8. The third-order valence-corrected chi connectivity index (χ3v) is 4.86. The van der Waals surface area contributed by atoms with Crippen molar-refractivity contribution in [2.45, 2.75) is 50.5 Å². The molecule has 2 aromatic rings. The van der Waals surface area contributed by atoms with Crippen LogP contribution >= 0.6 is 0 Å². The molecule has 1 aliphatic heterocycles. The number of aromatic amines is 1. The fourth-order valence-electron chi connectivity index (χ4n) is 3.35. The molecule has 10 heteroatoms. The van der Waals surface area contributed by atoms with Gasteiger partial charge in [0.2, 0.25) is 0 Å². The van der Waals surface area contributed by atoms with Gasteiger partial charge in [0.25, 0.3) is 5.56 Å². The third-order valence-electron chi connectivity index (χ3n) is 4.86. The number of aliphatic hydroxyl groups excluding tert-OH is 1. The number of alkyl halides is 3. The van der Waals surface area contributed by atoms with E-state index in [1.807, 2.05) is 44.2 Å². The summed E-state index contributed by atoms with van der Waals surface area (Å²) in [6.07, 6.45) is -7.14. The summed E-state index contributed by atoms with van der Waals surface area (Å²) in [5.74, 6) is 0. The number of H-pyrrole nitrogens is 1. The van der Waals surface area contributed by atoms with E-state index in [9.17, 15) is 27.9 Å². The second-order valence-corrected chi connectivity index (χ2v) is 7.29. The van der Waals surface area contributed by atoms with E-state index in [2.05, 4.69) is 0 Å². The summed E-state index contributed by atoms with van der Waals surface area (Å²) in [6, 6.07) is 9.27. The van der Waals surface area contributed by atoms with Gasteiger partial charge in [-0.05, 0) is 19.4 Å². The van der Waals surface area contributed by atoms with E-state index >= 15 is 0 Å². The molecule has 7 nitrogen and oxygen atoms in total. The van der Waals surface area contributed by atoms with Crippen LogP contribution in [-0.4, -0.2) is 33.5 Å². The third kappa shape index (κ3) is 4.44. The highest BCUT2D eigenvalue weighted by molar-refractivity contribution is 5.21. The number of nitrogens with zero attached hydrogens (tertiary/aromatic N) is 1. The Labute approximate surface area is 163 Å². The molecule has 0 amide bonds. The Bertz CT molecular complexity index is 968. The Balaban J connectivity index is 1.88. The summed E-state index contributed by atoms with van der Waals surface area (Å²) >= 11 is 0. The van der Waals surface area contributed by atoms with Crippen molar-refractivity contribution in [2.24, 2.45) is 0 Å². The fraction of sp³-hybridized carbons (Fsp3) is 0.474. The number of aromatic nitrogens is 2. The molecule has 1 aromatic carbocycles. The van der Waals surface area contributed by atoms with Crippen LogP contribution in [0.25, 0.3) is 0 Å². The lowest BCUT2D eigenvalue weighted by atomic mass is 9.97. The van der Waals surface area contributed by atoms with Crippen LogP contribution in [0, 0.1) is 0 Å². The minimum absolute atomic E-state index is 0.0186. The van der Waals surface area contributed by atoms with Crippen LogP contribution in [-0.2, 0) is 21.3 Å². The molecule has 0 saturated carbocycles. The van der Waals surface area contributed by atoms with E-state index < -0.39 is 53.6 Å². The Morgan fingerprint density at radius 2 is 1.90 bits per heavy atom. The van der Waals surface area contributed by atoms with Gasteiger partial charge in [0.15, 0.2) is 0 Å². The number of benzene rings is 1. The van der Waals surface area contributed by atoms with Crippen molar-refractivity contribution in [3.63, 3.8) is 0 Å². The second-order valence-electron chi connectivity index (χ2n) is 7.29. The molecule has 1 saturated heterocycles. The first-order valence-corrected chi connectivity index (χ1v) is 8.95. The molecular formula is C19H21F3N2O5. The number of hydrogen-bond acceptors (Lipinski definition) is 5. The van der Waals surface area contributed by atoms with Crippen LogP contribution in [0.2, 0.25) is 0 Å². The van der Waals surface area contributed by atoms with Crippen molar-refractivity contribution in [1.29, 1.82) is 0 Å². The zero-order chi connectivity index (χ0) is 21.4. The van der Waals surface area contributed by atoms with E-state index in [0.29, 0.717) is 10.8 Å². The van der Waals surface area contributed by atoms with E-state index in [1.54, 1.807) is 4.98 Å². The predicted octanol–water partition coefficient (Wildman–Crippen LogP) is 2.16. The molecule has 158 valence electrons. The first kappa shape index (κ1) is 21.3. The maximum atomic E-state index is 13.0. The van der Waals surface area contributed by atoms with E-state index in [0.717, 1.165) is 5.56 Å². The molecule has 3 rings (SSSR count). The van der Waals surface area contributed by atoms with Crippen molar-refractivity contribution >= 4 is 0 Å². The topological polar surface area (TPSA) is 93.6 Å². The van der Waals surface area contributed by atoms with Crippen molar-refractivity contribution < 1.29 is 27.8 Å². The summed E-state index contributed by atoms with van der Waals surface area (Å²) < 4.78 is 51.5. The molecule has 2 heterocycles. The van der Waals surface area contributed by atoms with Crippen LogP contribution < -0.4 is 11.2 Å². The summed E-state index contributed by atoms with van der Waals surface area (Å²) in [4.78, 5) is 25.2. The van der Waals surface area contributed by atoms with Gasteiger partial charge in [-0.3, -0.25) is 14.3 Å². The molecule has 29 heavy (non-hydrogen) atoms. The molecule has 1 aliphatic rings. The Hall–Kier alpha value is -2.43. The monoisotopic (exact) mass is 414 g/mol. The first-order valence-electron chi connectivity index (χ1n) is 8.95. The van der Waals surface area contributed by atoms with Crippen LogP contribution in [0.3, 0.4) is 0 Å². The number of nitrogens with one attached hydrogen (secondary N) is 1. The number of rotatable bonds is 5. The summed E-state index contributed by atoms with van der Waals surface area (Å²) in [5.41, 5.74) is -3.97. The van der Waals surface area contributed by atoms with Crippen LogP contribution in [0.15, 0.2) is 46.1 Å². The lowest BCUT2D eigenvalue weighted by molar-refractivity contribution is -0.139. The van der Waals surface area contributed by atoms with Gasteiger partial charge in [-0.2, -0.15) is 13.2 Å². The highest BCUT2D eigenvalue weighted by Crippen LogP contribution is 2.36. The maximum absolute atomic E-state index is 13.0. The van der Waals surface area contributed by atoms with Gasteiger partial charge in [0.1, 0.15) is 17.9 Å². The van der Waals surface area contributed by atoms with Crippen LogP contribution in [0.4, 0.5) is 13.2 Å². The Morgan fingerprint density at radius 3 is 2.48 bits per heavy atom. The van der Waals surface area contributed by atoms with Crippen molar-refractivity contribution in [1.82, 2.24) is 9.55 Å². The van der Waals surface area contributed by atoms with Crippen LogP contribution in [0.5, 0.6) is 0 Å². The van der Waals surface area contributed by atoms with E-state index in [-0.39, 0.29) is 6.42 Å². The minimum Gasteiger partial charge on any atom is -0.394 e. The maximum Gasteiger partial charge on any atom is 0.423 e. The van der Waals surface area contributed by atoms with Gasteiger partial charge in [-0.25, -0.2) is 4.79 Å². The molecule has 0 bridgehead atoms. The number of ether oxygens (including phenoxy) is 2. The number of halogens is 3. The Morgan fingerprint density at radius 1 is 1.24 bits per heavy atom. The van der Waals surface area contributed by atoms with Gasteiger partial charge < -0.3 is 14.6 Å². The quantitative estimate of drug-likeness (QED) is 0.782. The number of hydrogen-bond donors (Lipinski definition) is 2. The fourth-order valence-corrected chi connectivity index (χ4v) is 3.35. The van der Waals surface area contributed by atoms with Gasteiger partial charge >= 0.3 is 11.9 Å². The highest BCUT2D eigenvalue weighted by Gasteiger charge is 2.42. The largest absolute Gasteiger partial charge is 0.423 e. The van der Waals surface area contributed by atoms with Crippen LogP contribution in [0.1, 0.15) is 37.6 Å². The van der Waals surface area contributed by atoms with Crippen molar-refractivity contribution in [2.75, 3.05) is 6.61 Å². The molecule has 0 aliphatic carbocycles. The smallest absolute Gasteiger partial charge is 0.394 e.